The molecule has 0 radical (unpaired) electrons. The minimum absolute atomic E-state index is 0.0126. The zero-order chi connectivity index (χ0) is 31.8. The summed E-state index contributed by atoms with van der Waals surface area (Å²) in [5, 5.41) is 12.5. The van der Waals surface area contributed by atoms with Crippen LogP contribution in [0.25, 0.3) is 11.0 Å². The van der Waals surface area contributed by atoms with E-state index in [1.54, 1.807) is 48.7 Å². The van der Waals surface area contributed by atoms with Crippen LogP contribution in [0, 0.1) is 5.92 Å². The molecule has 5 rings (SSSR count). The van der Waals surface area contributed by atoms with Crippen LogP contribution in [0.3, 0.4) is 0 Å². The summed E-state index contributed by atoms with van der Waals surface area (Å²) < 4.78 is 7.12. The van der Waals surface area contributed by atoms with E-state index in [0.717, 1.165) is 35.8 Å². The largest absolute Gasteiger partial charge is 0.481 e. The highest BCUT2D eigenvalue weighted by Crippen LogP contribution is 2.33. The molecule has 1 aliphatic carbocycles. The van der Waals surface area contributed by atoms with Gasteiger partial charge >= 0.3 is 12.1 Å². The number of rotatable bonds is 14. The third kappa shape index (κ3) is 8.43. The Morgan fingerprint density at radius 3 is 2.58 bits per heavy atom. The van der Waals surface area contributed by atoms with Gasteiger partial charge in [-0.1, -0.05) is 25.3 Å². The molecule has 0 unspecified atom stereocenters. The lowest BCUT2D eigenvalue weighted by atomic mass is 10.1. The number of aliphatic carboxylic acids is 1. The third-order valence-electron chi connectivity index (χ3n) is 7.71. The van der Waals surface area contributed by atoms with E-state index in [4.69, 9.17) is 15.5 Å². The van der Waals surface area contributed by atoms with Gasteiger partial charge in [0, 0.05) is 36.6 Å². The zero-order valence-electron chi connectivity index (χ0n) is 25.2. The van der Waals surface area contributed by atoms with Crippen LogP contribution >= 0.6 is 0 Å². The molecule has 4 aromatic rings. The van der Waals surface area contributed by atoms with Gasteiger partial charge in [0.05, 0.1) is 30.6 Å². The van der Waals surface area contributed by atoms with Gasteiger partial charge < -0.3 is 25.5 Å². The molecule has 2 amide bonds. The number of carboxylic acid groups (broad SMARTS) is 1. The van der Waals surface area contributed by atoms with Gasteiger partial charge in [-0.25, -0.2) is 14.8 Å². The molecule has 0 aliphatic heterocycles. The molecule has 0 saturated heterocycles. The number of aryl methyl sites for hydroxylation is 1. The molecule has 0 atom stereocenters. The van der Waals surface area contributed by atoms with E-state index in [-0.39, 0.29) is 24.7 Å². The molecule has 12 nitrogen and oxygen atoms in total. The predicted octanol–water partition coefficient (Wildman–Crippen LogP) is 5.12. The Hall–Kier alpha value is -5.26. The Kier molecular flexibility index (Phi) is 10.0. The number of benzene rings is 2. The Morgan fingerprint density at radius 1 is 1.09 bits per heavy atom. The van der Waals surface area contributed by atoms with E-state index in [9.17, 15) is 19.5 Å². The topological polar surface area (TPSA) is 165 Å². The number of hydrogen-bond acceptors (Lipinski definition) is 7. The van der Waals surface area contributed by atoms with Crippen LogP contribution in [0.1, 0.15) is 60.3 Å². The van der Waals surface area contributed by atoms with E-state index in [1.165, 1.54) is 24.2 Å². The number of aliphatic imine (C=N–C) groups is 1. The Balaban J connectivity index is 1.19. The molecular formula is C33H37N7O5. The van der Waals surface area contributed by atoms with Crippen molar-refractivity contribution in [2.45, 2.75) is 45.1 Å². The predicted molar refractivity (Wildman–Crippen MR) is 171 cm³/mol. The average molecular weight is 612 g/mol. The Labute approximate surface area is 260 Å². The van der Waals surface area contributed by atoms with Crippen molar-refractivity contribution in [2.24, 2.45) is 23.7 Å². The van der Waals surface area contributed by atoms with Crippen LogP contribution in [-0.4, -0.2) is 56.6 Å². The van der Waals surface area contributed by atoms with Crippen molar-refractivity contribution in [1.29, 1.82) is 0 Å². The van der Waals surface area contributed by atoms with E-state index in [0.29, 0.717) is 35.6 Å². The van der Waals surface area contributed by atoms with Gasteiger partial charge in [0.2, 0.25) is 0 Å². The summed E-state index contributed by atoms with van der Waals surface area (Å²) in [7, 11) is 1.90. The van der Waals surface area contributed by atoms with Crippen LogP contribution < -0.4 is 16.0 Å². The molecule has 2 aromatic carbocycles. The lowest BCUT2D eigenvalue weighted by Crippen LogP contribution is -2.33. The normalized spacial score (nSPS) is 13.0. The summed E-state index contributed by atoms with van der Waals surface area (Å²) in [5.74, 6) is 0.721. The monoisotopic (exact) mass is 611 g/mol. The third-order valence-corrected chi connectivity index (χ3v) is 7.71. The molecule has 234 valence electrons. The van der Waals surface area contributed by atoms with E-state index in [1.807, 2.05) is 29.8 Å². The fourth-order valence-corrected chi connectivity index (χ4v) is 4.97. The molecular weight excluding hydrogens is 574 g/mol. The lowest BCUT2D eigenvalue weighted by Gasteiger charge is -2.21. The number of carboxylic acids is 1. The zero-order valence-corrected chi connectivity index (χ0v) is 25.2. The van der Waals surface area contributed by atoms with E-state index >= 15 is 0 Å². The maximum Gasteiger partial charge on any atom is 0.435 e. The summed E-state index contributed by atoms with van der Waals surface area (Å²) in [4.78, 5) is 50.9. The van der Waals surface area contributed by atoms with Crippen molar-refractivity contribution in [3.8, 4) is 0 Å². The number of carbonyl (C=O) groups is 3. The van der Waals surface area contributed by atoms with Crippen molar-refractivity contribution in [1.82, 2.24) is 14.5 Å². The van der Waals surface area contributed by atoms with Crippen molar-refractivity contribution in [2.75, 3.05) is 23.4 Å². The number of amidine groups is 1. The molecule has 12 heteroatoms. The maximum absolute atomic E-state index is 13.4. The number of nitrogens with two attached hydrogens (primary N) is 1. The van der Waals surface area contributed by atoms with Crippen LogP contribution in [0.2, 0.25) is 0 Å². The van der Waals surface area contributed by atoms with Crippen molar-refractivity contribution in [3.05, 3.63) is 83.8 Å². The van der Waals surface area contributed by atoms with Crippen LogP contribution in [0.15, 0.2) is 71.9 Å². The number of fused-ring (bicyclic) bond motifs is 1. The molecule has 4 N–H and O–H groups in total. The minimum atomic E-state index is -1.00. The molecule has 0 spiro atoms. The van der Waals surface area contributed by atoms with Gasteiger partial charge in [-0.3, -0.25) is 14.5 Å². The highest BCUT2D eigenvalue weighted by Gasteiger charge is 2.22. The first kappa shape index (κ1) is 31.2. The molecule has 2 aromatic heterocycles. The summed E-state index contributed by atoms with van der Waals surface area (Å²) in [5.41, 5.74) is 9.30. The number of amides is 2. The van der Waals surface area contributed by atoms with Crippen LogP contribution in [-0.2, 0) is 23.1 Å². The molecule has 45 heavy (non-hydrogen) atoms. The second-order valence-corrected chi connectivity index (χ2v) is 11.1. The van der Waals surface area contributed by atoms with Gasteiger partial charge in [-0.15, -0.1) is 0 Å². The summed E-state index contributed by atoms with van der Waals surface area (Å²) in [6, 6.07) is 17.6. The van der Waals surface area contributed by atoms with E-state index < -0.39 is 12.1 Å². The second-order valence-electron chi connectivity index (χ2n) is 11.1. The number of unbranched alkanes of at least 4 members (excludes halogenated alkanes) is 1. The second kappa shape index (κ2) is 14.5. The number of aromatic nitrogens is 3. The maximum atomic E-state index is 13.4. The quantitative estimate of drug-likeness (QED) is 0.0996. The van der Waals surface area contributed by atoms with Crippen molar-refractivity contribution < 1.29 is 24.2 Å². The number of hydrogen-bond donors (Lipinski definition) is 3. The van der Waals surface area contributed by atoms with Crippen LogP contribution in [0.5, 0.6) is 0 Å². The molecule has 1 aliphatic rings. The first-order valence-electron chi connectivity index (χ1n) is 15.0. The summed E-state index contributed by atoms with van der Waals surface area (Å²) >= 11 is 0. The SMILES string of the molecule is Cn1c(CNc2ccc(/C(N)=N/C(=O)OCCCCC3CC3)cc2)nc2cc(C(=O)N(CCC(=O)O)c3ccccn3)ccc21. The van der Waals surface area contributed by atoms with Gasteiger partial charge in [-0.05, 0) is 73.4 Å². The van der Waals surface area contributed by atoms with Gasteiger partial charge in [0.1, 0.15) is 17.5 Å². The van der Waals surface area contributed by atoms with Crippen LogP contribution in [0.4, 0.5) is 16.3 Å². The standard InChI is InChI=1S/C33H37N7O5/c1-39-27-15-12-24(32(43)40(18-16-30(41)42)28-7-2-4-17-35-28)20-26(27)37-29(39)21-36-25-13-10-23(11-14-25)31(34)38-33(44)45-19-5-3-6-22-8-9-22/h2,4,7,10-15,17,20,22,36H,3,5-6,8-9,16,18-19,21H2,1H3,(H,41,42)(H2,34,38,44). The molecule has 2 heterocycles. The molecule has 1 fully saturated rings. The number of nitrogens with one attached hydrogen (secondary N) is 1. The number of ether oxygens (including phenoxy) is 1. The number of imidazole rings is 1. The number of anilines is 2. The minimum Gasteiger partial charge on any atom is -0.481 e. The highest BCUT2D eigenvalue weighted by atomic mass is 16.5. The van der Waals surface area contributed by atoms with Crippen molar-refractivity contribution in [3.63, 3.8) is 0 Å². The Bertz CT molecular complexity index is 1680. The number of pyridine rings is 1. The van der Waals surface area contributed by atoms with Gasteiger partial charge in [-0.2, -0.15) is 4.99 Å². The summed E-state index contributed by atoms with van der Waals surface area (Å²) in [6.45, 7) is 0.742. The molecule has 0 bridgehead atoms. The Morgan fingerprint density at radius 2 is 1.87 bits per heavy atom. The first-order valence-corrected chi connectivity index (χ1v) is 15.0. The lowest BCUT2D eigenvalue weighted by molar-refractivity contribution is -0.136. The van der Waals surface area contributed by atoms with Crippen molar-refractivity contribution >= 4 is 46.3 Å². The number of carbonyl (C=O) groups excluding carboxylic acids is 2. The molecule has 1 saturated carbocycles. The number of nitrogens with zero attached hydrogens (tertiary/aromatic N) is 5. The van der Waals surface area contributed by atoms with Gasteiger partial charge in [0.15, 0.2) is 0 Å². The smallest absolute Gasteiger partial charge is 0.435 e. The highest BCUT2D eigenvalue weighted by molar-refractivity contribution is 6.07. The van der Waals surface area contributed by atoms with Gasteiger partial charge in [0.25, 0.3) is 5.91 Å². The van der Waals surface area contributed by atoms with E-state index in [2.05, 4.69) is 15.3 Å². The first-order chi connectivity index (χ1) is 21.8. The average Bonchev–Trinajstić information content (AvgIpc) is 3.82. The fourth-order valence-electron chi connectivity index (χ4n) is 4.97. The summed E-state index contributed by atoms with van der Waals surface area (Å²) in [6.07, 6.45) is 6.41. The fraction of sp³-hybridized carbons (Fsp3) is 0.333.